The number of fused-ring (bicyclic) bond motifs is 1. The lowest BCUT2D eigenvalue weighted by Gasteiger charge is -2.60. The van der Waals surface area contributed by atoms with Crippen LogP contribution in [-0.2, 0) is 9.53 Å². The maximum absolute atomic E-state index is 11.8. The van der Waals surface area contributed by atoms with Crippen LogP contribution in [0, 0.1) is 16.7 Å². The highest BCUT2D eigenvalue weighted by Crippen LogP contribution is 2.51. The molecule has 1 saturated heterocycles. The minimum Gasteiger partial charge on any atom is -0.377 e. The Morgan fingerprint density at radius 3 is 2.74 bits per heavy atom. The first kappa shape index (κ1) is 14.8. The molecule has 19 heavy (non-hydrogen) atoms. The lowest BCUT2D eigenvalue weighted by molar-refractivity contribution is -0.193. The standard InChI is InChI=1S/C15H28N2O2/c1-14(2,13(18)16-5)9-17-11-10-7-6-8-19-12(10)15(11,3)4/h10-12,17H,6-9H2,1-5H3,(H,16,18)/t10-,11-,12-/m0/s1. The predicted molar refractivity (Wildman–Crippen MR) is 75.9 cm³/mol. The Bertz CT molecular complexity index is 352. The molecule has 4 nitrogen and oxygen atoms in total. The molecule has 1 aliphatic carbocycles. The Morgan fingerprint density at radius 1 is 1.42 bits per heavy atom. The molecule has 110 valence electrons. The zero-order valence-electron chi connectivity index (χ0n) is 12.9. The van der Waals surface area contributed by atoms with E-state index in [0.717, 1.165) is 13.0 Å². The van der Waals surface area contributed by atoms with Crippen molar-refractivity contribution < 1.29 is 9.53 Å². The van der Waals surface area contributed by atoms with Crippen molar-refractivity contribution in [2.24, 2.45) is 16.7 Å². The molecule has 0 aromatic rings. The minimum atomic E-state index is -0.370. The lowest BCUT2D eigenvalue weighted by atomic mass is 9.55. The third-order valence-electron chi connectivity index (χ3n) is 4.94. The van der Waals surface area contributed by atoms with Gasteiger partial charge in [0.2, 0.25) is 5.91 Å². The quantitative estimate of drug-likeness (QED) is 0.813. The van der Waals surface area contributed by atoms with E-state index in [1.165, 1.54) is 6.42 Å². The van der Waals surface area contributed by atoms with Crippen LogP contribution in [0.4, 0.5) is 0 Å². The zero-order valence-corrected chi connectivity index (χ0v) is 12.9. The molecule has 1 saturated carbocycles. The Morgan fingerprint density at radius 2 is 2.11 bits per heavy atom. The van der Waals surface area contributed by atoms with E-state index < -0.39 is 0 Å². The van der Waals surface area contributed by atoms with Crippen molar-refractivity contribution in [2.75, 3.05) is 20.2 Å². The third kappa shape index (κ3) is 2.52. The Labute approximate surface area is 116 Å². The van der Waals surface area contributed by atoms with Crippen LogP contribution in [0.2, 0.25) is 0 Å². The van der Waals surface area contributed by atoms with Gasteiger partial charge in [-0.2, -0.15) is 0 Å². The van der Waals surface area contributed by atoms with Crippen LogP contribution in [0.25, 0.3) is 0 Å². The van der Waals surface area contributed by atoms with Crippen LogP contribution in [-0.4, -0.2) is 38.3 Å². The molecule has 1 aliphatic heterocycles. The number of carbonyl (C=O) groups is 1. The molecule has 0 unspecified atom stereocenters. The molecule has 0 aromatic carbocycles. The summed E-state index contributed by atoms with van der Waals surface area (Å²) in [6.07, 6.45) is 2.79. The molecular formula is C15H28N2O2. The fourth-order valence-corrected chi connectivity index (χ4v) is 3.72. The number of hydrogen-bond donors (Lipinski definition) is 2. The normalized spacial score (nSPS) is 33.2. The van der Waals surface area contributed by atoms with Gasteiger partial charge in [-0.05, 0) is 26.7 Å². The average molecular weight is 268 g/mol. The molecule has 0 bridgehead atoms. The van der Waals surface area contributed by atoms with Crippen LogP contribution in [0.1, 0.15) is 40.5 Å². The fourth-order valence-electron chi connectivity index (χ4n) is 3.72. The molecule has 2 fully saturated rings. The summed E-state index contributed by atoms with van der Waals surface area (Å²) in [6.45, 7) is 10.1. The van der Waals surface area contributed by atoms with E-state index >= 15 is 0 Å². The highest BCUT2D eigenvalue weighted by molar-refractivity contribution is 5.81. The third-order valence-corrected chi connectivity index (χ3v) is 4.94. The molecule has 2 rings (SSSR count). The van der Waals surface area contributed by atoms with Gasteiger partial charge in [-0.1, -0.05) is 13.8 Å². The van der Waals surface area contributed by atoms with Gasteiger partial charge in [0.1, 0.15) is 0 Å². The Hall–Kier alpha value is -0.610. The van der Waals surface area contributed by atoms with Crippen LogP contribution in [0.5, 0.6) is 0 Å². The van der Waals surface area contributed by atoms with Crippen molar-refractivity contribution in [1.29, 1.82) is 0 Å². The minimum absolute atomic E-state index is 0.0913. The Balaban J connectivity index is 1.94. The molecular weight excluding hydrogens is 240 g/mol. The van der Waals surface area contributed by atoms with Gasteiger partial charge in [-0.15, -0.1) is 0 Å². The number of amides is 1. The van der Waals surface area contributed by atoms with Gasteiger partial charge < -0.3 is 15.4 Å². The van der Waals surface area contributed by atoms with Crippen LogP contribution in [0.3, 0.4) is 0 Å². The number of hydrogen-bond acceptors (Lipinski definition) is 3. The molecule has 0 spiro atoms. The molecule has 2 N–H and O–H groups in total. The SMILES string of the molecule is CNC(=O)C(C)(C)CN[C@H]1[C@@H]2CCCO[C@@H]2C1(C)C. The first-order valence-corrected chi connectivity index (χ1v) is 7.38. The van der Waals surface area contributed by atoms with Gasteiger partial charge in [-0.3, -0.25) is 4.79 Å². The molecule has 4 heteroatoms. The maximum Gasteiger partial charge on any atom is 0.226 e. The summed E-state index contributed by atoms with van der Waals surface area (Å²) in [5.41, 5.74) is -0.199. The van der Waals surface area contributed by atoms with Crippen molar-refractivity contribution in [3.05, 3.63) is 0 Å². The van der Waals surface area contributed by atoms with Crippen molar-refractivity contribution in [2.45, 2.75) is 52.7 Å². The monoisotopic (exact) mass is 268 g/mol. The number of nitrogens with one attached hydrogen (secondary N) is 2. The topological polar surface area (TPSA) is 50.4 Å². The van der Waals surface area contributed by atoms with Gasteiger partial charge >= 0.3 is 0 Å². The summed E-state index contributed by atoms with van der Waals surface area (Å²) >= 11 is 0. The largest absolute Gasteiger partial charge is 0.377 e. The number of carbonyl (C=O) groups excluding carboxylic acids is 1. The Kier molecular flexibility index (Phi) is 3.94. The fraction of sp³-hybridized carbons (Fsp3) is 0.933. The van der Waals surface area contributed by atoms with E-state index in [-0.39, 0.29) is 16.7 Å². The predicted octanol–water partition coefficient (Wildman–Crippen LogP) is 1.55. The van der Waals surface area contributed by atoms with Crippen LogP contribution in [0.15, 0.2) is 0 Å². The number of ether oxygens (including phenoxy) is 1. The van der Waals surface area contributed by atoms with E-state index in [4.69, 9.17) is 4.74 Å². The van der Waals surface area contributed by atoms with E-state index in [1.807, 2.05) is 13.8 Å². The van der Waals surface area contributed by atoms with Gasteiger partial charge in [-0.25, -0.2) is 0 Å². The summed E-state index contributed by atoms with van der Waals surface area (Å²) in [7, 11) is 1.70. The molecule has 1 amide bonds. The summed E-state index contributed by atoms with van der Waals surface area (Å²) in [5.74, 6) is 0.706. The van der Waals surface area contributed by atoms with E-state index in [2.05, 4.69) is 24.5 Å². The van der Waals surface area contributed by atoms with Crippen LogP contribution >= 0.6 is 0 Å². The molecule has 0 aromatic heterocycles. The van der Waals surface area contributed by atoms with E-state index in [9.17, 15) is 4.79 Å². The second-order valence-corrected chi connectivity index (χ2v) is 7.24. The summed E-state index contributed by atoms with van der Waals surface area (Å²) in [6, 6.07) is 0.460. The molecule has 2 aliphatic rings. The summed E-state index contributed by atoms with van der Waals surface area (Å²) in [5, 5.41) is 6.36. The first-order valence-electron chi connectivity index (χ1n) is 7.38. The van der Waals surface area contributed by atoms with E-state index in [0.29, 0.717) is 24.6 Å². The second-order valence-electron chi connectivity index (χ2n) is 7.24. The summed E-state index contributed by atoms with van der Waals surface area (Å²) < 4.78 is 5.90. The molecule has 1 heterocycles. The van der Waals surface area contributed by atoms with Crippen LogP contribution < -0.4 is 10.6 Å². The highest BCUT2D eigenvalue weighted by atomic mass is 16.5. The maximum atomic E-state index is 11.8. The van der Waals surface area contributed by atoms with Gasteiger partial charge in [0, 0.05) is 37.6 Å². The molecule has 0 radical (unpaired) electrons. The second kappa shape index (κ2) is 5.06. The van der Waals surface area contributed by atoms with Crippen molar-refractivity contribution in [3.63, 3.8) is 0 Å². The molecule has 3 atom stereocenters. The zero-order chi connectivity index (χ0) is 14.3. The smallest absolute Gasteiger partial charge is 0.226 e. The lowest BCUT2D eigenvalue weighted by Crippen LogP contribution is -2.70. The van der Waals surface area contributed by atoms with Gasteiger partial charge in [0.15, 0.2) is 0 Å². The first-order chi connectivity index (χ1) is 8.80. The van der Waals surface area contributed by atoms with Crippen molar-refractivity contribution >= 4 is 5.91 Å². The highest BCUT2D eigenvalue weighted by Gasteiger charge is 2.57. The van der Waals surface area contributed by atoms with Crippen molar-refractivity contribution in [1.82, 2.24) is 10.6 Å². The van der Waals surface area contributed by atoms with E-state index in [1.54, 1.807) is 7.05 Å². The summed E-state index contributed by atoms with van der Waals surface area (Å²) in [4.78, 5) is 11.8. The van der Waals surface area contributed by atoms with Crippen molar-refractivity contribution in [3.8, 4) is 0 Å². The van der Waals surface area contributed by atoms with Gasteiger partial charge in [0.25, 0.3) is 0 Å². The number of rotatable bonds is 4. The van der Waals surface area contributed by atoms with Gasteiger partial charge in [0.05, 0.1) is 11.5 Å². The average Bonchev–Trinajstić information content (AvgIpc) is 2.37.